The van der Waals surface area contributed by atoms with E-state index in [9.17, 15) is 5.11 Å². The zero-order valence-electron chi connectivity index (χ0n) is 23.0. The summed E-state index contributed by atoms with van der Waals surface area (Å²) in [6.45, 7) is 6.93. The minimum absolute atomic E-state index is 0.0340. The maximum absolute atomic E-state index is 10.2. The zero-order chi connectivity index (χ0) is 23.5. The molecule has 0 aliphatic heterocycles. The van der Waals surface area contributed by atoms with Crippen LogP contribution in [0.3, 0.4) is 0 Å². The molecule has 0 radical (unpaired) electrons. The molecule has 0 bridgehead atoms. The third-order valence-corrected chi connectivity index (χ3v) is 7.47. The third kappa shape index (κ3) is 24.6. The minimum atomic E-state index is -0.0340. The number of hydrogen-bond donors (Lipinski definition) is 1. The summed E-state index contributed by atoms with van der Waals surface area (Å²) in [5.74, 6) is 1.01. The lowest BCUT2D eigenvalue weighted by molar-refractivity contribution is 0.147. The van der Waals surface area contributed by atoms with Crippen LogP contribution in [0.2, 0.25) is 0 Å². The van der Waals surface area contributed by atoms with E-state index in [1.54, 1.807) is 0 Å². The van der Waals surface area contributed by atoms with Gasteiger partial charge in [-0.2, -0.15) is 0 Å². The molecule has 0 fully saturated rings. The van der Waals surface area contributed by atoms with E-state index in [2.05, 4.69) is 20.8 Å². The van der Waals surface area contributed by atoms with Crippen molar-refractivity contribution in [3.63, 3.8) is 0 Å². The van der Waals surface area contributed by atoms with Crippen LogP contribution in [0, 0.1) is 5.92 Å². The van der Waals surface area contributed by atoms with Crippen LogP contribution >= 0.6 is 0 Å². The minimum Gasteiger partial charge on any atom is -0.393 e. The van der Waals surface area contributed by atoms with Crippen LogP contribution in [-0.2, 0) is 0 Å². The number of aliphatic hydroxyl groups excluding tert-OH is 1. The van der Waals surface area contributed by atoms with E-state index < -0.39 is 0 Å². The highest BCUT2D eigenvalue weighted by Crippen LogP contribution is 2.24. The lowest BCUT2D eigenvalue weighted by Crippen LogP contribution is -2.05. The molecular weight excluding hydrogens is 388 g/mol. The van der Waals surface area contributed by atoms with Crippen LogP contribution in [0.15, 0.2) is 0 Å². The Morgan fingerprint density at radius 3 is 0.969 bits per heavy atom. The fourth-order valence-electron chi connectivity index (χ4n) is 5.15. The molecule has 1 unspecified atom stereocenters. The van der Waals surface area contributed by atoms with Crippen molar-refractivity contribution in [2.75, 3.05) is 0 Å². The molecule has 194 valence electrons. The molecule has 0 aromatic rings. The molecular formula is C31H64O. The molecule has 0 spiro atoms. The Morgan fingerprint density at radius 2 is 0.594 bits per heavy atom. The molecule has 0 saturated heterocycles. The maximum Gasteiger partial charge on any atom is 0.0540 e. The first kappa shape index (κ1) is 32.0. The van der Waals surface area contributed by atoms with Gasteiger partial charge in [-0.25, -0.2) is 0 Å². The van der Waals surface area contributed by atoms with Crippen molar-refractivity contribution >= 4 is 0 Å². The van der Waals surface area contributed by atoms with E-state index in [1.165, 1.54) is 154 Å². The number of aliphatic hydroxyl groups is 1. The van der Waals surface area contributed by atoms with E-state index in [4.69, 9.17) is 0 Å². The fourth-order valence-corrected chi connectivity index (χ4v) is 5.15. The highest BCUT2D eigenvalue weighted by Gasteiger charge is 2.08. The molecule has 0 heterocycles. The van der Waals surface area contributed by atoms with Crippen molar-refractivity contribution < 1.29 is 5.11 Å². The number of rotatable bonds is 27. The van der Waals surface area contributed by atoms with Crippen LogP contribution in [-0.4, -0.2) is 11.2 Å². The predicted octanol–water partition coefficient (Wildman–Crippen LogP) is 11.2. The first-order valence-corrected chi connectivity index (χ1v) is 15.4. The van der Waals surface area contributed by atoms with Gasteiger partial charge in [-0.05, 0) is 18.8 Å². The van der Waals surface area contributed by atoms with Crippen LogP contribution in [0.4, 0.5) is 0 Å². The van der Waals surface area contributed by atoms with E-state index in [-0.39, 0.29) is 6.10 Å². The molecule has 1 nitrogen and oxygen atoms in total. The molecule has 1 heteroatoms. The highest BCUT2D eigenvalue weighted by atomic mass is 16.3. The summed E-state index contributed by atoms with van der Waals surface area (Å²) in [7, 11) is 0. The molecule has 1 atom stereocenters. The summed E-state index contributed by atoms with van der Waals surface area (Å²) < 4.78 is 0. The van der Waals surface area contributed by atoms with Gasteiger partial charge in [0.2, 0.25) is 0 Å². The summed E-state index contributed by atoms with van der Waals surface area (Å²) in [5, 5.41) is 10.2. The second-order valence-corrected chi connectivity index (χ2v) is 10.8. The van der Waals surface area contributed by atoms with E-state index in [0.29, 0.717) is 0 Å². The van der Waals surface area contributed by atoms with Crippen molar-refractivity contribution in [1.29, 1.82) is 0 Å². The van der Waals surface area contributed by atoms with Gasteiger partial charge in [0.15, 0.2) is 0 Å². The Balaban J connectivity index is 3.44. The highest BCUT2D eigenvalue weighted by molar-refractivity contribution is 4.62. The number of hydrogen-bond acceptors (Lipinski definition) is 1. The third-order valence-electron chi connectivity index (χ3n) is 7.47. The van der Waals surface area contributed by atoms with Crippen molar-refractivity contribution in [1.82, 2.24) is 0 Å². The Hall–Kier alpha value is -0.0400. The zero-order valence-corrected chi connectivity index (χ0v) is 23.0. The Bertz CT molecular complexity index is 316. The predicted molar refractivity (Wildman–Crippen MR) is 147 cm³/mol. The molecule has 0 saturated carbocycles. The van der Waals surface area contributed by atoms with Crippen molar-refractivity contribution in [3.05, 3.63) is 0 Å². The van der Waals surface area contributed by atoms with Gasteiger partial charge in [-0.1, -0.05) is 175 Å². The van der Waals surface area contributed by atoms with Gasteiger partial charge in [0.05, 0.1) is 6.10 Å². The molecule has 0 aromatic heterocycles. The normalized spacial score (nSPS) is 12.7. The lowest BCUT2D eigenvalue weighted by Gasteiger charge is -2.16. The fraction of sp³-hybridized carbons (Fsp3) is 1.00. The molecule has 0 rings (SSSR count). The first-order chi connectivity index (χ1) is 15.7. The van der Waals surface area contributed by atoms with Gasteiger partial charge >= 0.3 is 0 Å². The SMILES string of the molecule is CCCCCCCCCC(O)CCCCCCCCCCC(CCCCC)CCCCC. The van der Waals surface area contributed by atoms with Crippen LogP contribution in [0.1, 0.15) is 188 Å². The van der Waals surface area contributed by atoms with Crippen LogP contribution in [0.25, 0.3) is 0 Å². The maximum atomic E-state index is 10.2. The first-order valence-electron chi connectivity index (χ1n) is 15.4. The average molecular weight is 453 g/mol. The van der Waals surface area contributed by atoms with E-state index >= 15 is 0 Å². The topological polar surface area (TPSA) is 20.2 Å². The monoisotopic (exact) mass is 452 g/mol. The van der Waals surface area contributed by atoms with Gasteiger partial charge in [-0.15, -0.1) is 0 Å². The number of unbranched alkanes of at least 4 members (excludes halogenated alkanes) is 17. The quantitative estimate of drug-likeness (QED) is 0.123. The lowest BCUT2D eigenvalue weighted by atomic mass is 9.90. The van der Waals surface area contributed by atoms with Gasteiger partial charge in [0, 0.05) is 0 Å². The summed E-state index contributed by atoms with van der Waals surface area (Å²) in [6.07, 6.45) is 35.6. The molecule has 0 aliphatic carbocycles. The summed E-state index contributed by atoms with van der Waals surface area (Å²) in [4.78, 5) is 0. The Kier molecular flexibility index (Phi) is 27.2. The van der Waals surface area contributed by atoms with Gasteiger partial charge in [-0.3, -0.25) is 0 Å². The Labute approximate surface area is 204 Å². The van der Waals surface area contributed by atoms with Gasteiger partial charge in [0.1, 0.15) is 0 Å². The smallest absolute Gasteiger partial charge is 0.0540 e. The molecule has 32 heavy (non-hydrogen) atoms. The summed E-state index contributed by atoms with van der Waals surface area (Å²) in [5.41, 5.74) is 0. The Morgan fingerprint density at radius 1 is 0.344 bits per heavy atom. The van der Waals surface area contributed by atoms with E-state index in [1.807, 2.05) is 0 Å². The second-order valence-electron chi connectivity index (χ2n) is 10.8. The molecule has 0 aliphatic rings. The molecule has 1 N–H and O–H groups in total. The van der Waals surface area contributed by atoms with E-state index in [0.717, 1.165) is 18.8 Å². The van der Waals surface area contributed by atoms with Gasteiger partial charge < -0.3 is 5.11 Å². The summed E-state index contributed by atoms with van der Waals surface area (Å²) in [6, 6.07) is 0. The van der Waals surface area contributed by atoms with Crippen LogP contribution < -0.4 is 0 Å². The van der Waals surface area contributed by atoms with Crippen LogP contribution in [0.5, 0.6) is 0 Å². The van der Waals surface area contributed by atoms with Crippen molar-refractivity contribution in [2.24, 2.45) is 5.92 Å². The largest absolute Gasteiger partial charge is 0.393 e. The average Bonchev–Trinajstić information content (AvgIpc) is 2.79. The second kappa shape index (κ2) is 27.2. The molecule has 0 aromatic carbocycles. The molecule has 0 amide bonds. The van der Waals surface area contributed by atoms with Crippen molar-refractivity contribution in [3.8, 4) is 0 Å². The summed E-state index contributed by atoms with van der Waals surface area (Å²) >= 11 is 0. The van der Waals surface area contributed by atoms with Gasteiger partial charge in [0.25, 0.3) is 0 Å². The standard InChI is InChI=1S/C31H64O/c1-4-7-10-11-14-18-23-28-31(32)29-24-19-16-13-12-15-17-22-27-30(25-20-8-5-2)26-21-9-6-3/h30-32H,4-29H2,1-3H3. The van der Waals surface area contributed by atoms with Crippen molar-refractivity contribution in [2.45, 2.75) is 194 Å².